The number of rotatable bonds is 8. The second-order valence-electron chi connectivity index (χ2n) is 5.58. The maximum atomic E-state index is 10.4. The fourth-order valence-electron chi connectivity index (χ4n) is 2.49. The molecule has 13 heteroatoms. The molecule has 0 aromatic rings. The number of carboxylic acid groups (broad SMARTS) is 4. The average molecular weight is 454 g/mol. The molecule has 1 fully saturated rings. The van der Waals surface area contributed by atoms with Crippen molar-refractivity contribution in [3.8, 4) is 0 Å². The number of hydrogen-bond donors (Lipinski definition) is 1. The van der Waals surface area contributed by atoms with E-state index in [1.165, 1.54) is 38.5 Å². The van der Waals surface area contributed by atoms with Gasteiger partial charge in [-0.25, -0.2) is 0 Å². The molecule has 1 aliphatic rings. The van der Waals surface area contributed by atoms with Gasteiger partial charge in [-0.15, -0.1) is 0 Å². The molecule has 0 aliphatic heterocycles. The minimum absolute atomic E-state index is 0. The number of aliphatic carboxylic acids is 4. The van der Waals surface area contributed by atoms with E-state index in [-0.39, 0.29) is 84.9 Å². The zero-order valence-corrected chi connectivity index (χ0v) is 20.9. The monoisotopic (exact) mass is 454 g/mol. The molecule has 1 aliphatic carbocycles. The van der Waals surface area contributed by atoms with Crippen molar-refractivity contribution in [2.75, 3.05) is 26.2 Å². The van der Waals surface area contributed by atoms with Crippen molar-refractivity contribution >= 4 is 23.9 Å². The molecule has 1 rings (SSSR count). The van der Waals surface area contributed by atoms with Crippen LogP contribution in [-0.2, 0) is 36.0 Å². The first-order valence-corrected chi connectivity index (χ1v) is 7.31. The third-order valence-corrected chi connectivity index (χ3v) is 3.36. The molecule has 3 N–H and O–H groups in total. The van der Waals surface area contributed by atoms with Crippen LogP contribution in [0.3, 0.4) is 0 Å². The predicted molar refractivity (Wildman–Crippen MR) is 74.7 cm³/mol. The second-order valence-corrected chi connectivity index (χ2v) is 5.58. The van der Waals surface area contributed by atoms with E-state index >= 15 is 0 Å². The van der Waals surface area contributed by atoms with E-state index in [0.717, 1.165) is 0 Å². The van der Waals surface area contributed by atoms with E-state index in [0.29, 0.717) is 0 Å². The fourth-order valence-corrected chi connectivity index (χ4v) is 2.49. The molecule has 0 amide bonds. The summed E-state index contributed by atoms with van der Waals surface area (Å²) in [4.78, 5) is 41.6. The molecular weight excluding hydrogens is 429 g/mol. The first kappa shape index (κ1) is 38.0. The molecule has 0 bridgehead atoms. The summed E-state index contributed by atoms with van der Waals surface area (Å²) in [5, 5.41) is 41.6. The number of nitrogens with zero attached hydrogens (tertiary/aromatic N) is 1. The molecule has 0 aromatic heterocycles. The zero-order chi connectivity index (χ0) is 17.9. The van der Waals surface area contributed by atoms with E-state index in [2.05, 4.69) is 0 Å². The summed E-state index contributed by atoms with van der Waals surface area (Å²) in [6.45, 7) is -4.46. The summed E-state index contributed by atoms with van der Waals surface area (Å²) in [5.74, 6) is -7.19. The van der Waals surface area contributed by atoms with Gasteiger partial charge in [0.1, 0.15) is 26.2 Å². The molecule has 153 valence electrons. The minimum atomic E-state index is -1.80. The molecule has 0 aromatic carbocycles. The third kappa shape index (κ3) is 22.5. The minimum Gasteiger partial charge on any atom is -1.00 e. The molecule has 0 saturated heterocycles. The zero-order valence-electron chi connectivity index (χ0n) is 17.8. The summed E-state index contributed by atoms with van der Waals surface area (Å²) in [6.07, 6.45) is 9.00. The van der Waals surface area contributed by atoms with Gasteiger partial charge in [0, 0.05) is 16.8 Å². The summed E-state index contributed by atoms with van der Waals surface area (Å²) in [7, 11) is 0. The van der Waals surface area contributed by atoms with Gasteiger partial charge in [-0.2, -0.15) is 0 Å². The van der Waals surface area contributed by atoms with Gasteiger partial charge in [0.15, 0.2) is 0 Å². The van der Waals surface area contributed by atoms with E-state index in [1.54, 1.807) is 0 Å². The molecule has 1 saturated carbocycles. The van der Waals surface area contributed by atoms with Crippen LogP contribution in [0.1, 0.15) is 41.4 Å². The molecule has 1 radical (unpaired) electrons. The molecule has 27 heavy (non-hydrogen) atoms. The predicted octanol–water partition coefficient (Wildman–Crippen LogP) is -10.5. The van der Waals surface area contributed by atoms with Crippen LogP contribution in [0.25, 0.3) is 0 Å². The second kappa shape index (κ2) is 21.0. The summed E-state index contributed by atoms with van der Waals surface area (Å²) >= 11 is 0. The third-order valence-electron chi connectivity index (χ3n) is 3.36. The van der Waals surface area contributed by atoms with Crippen LogP contribution in [0.4, 0.5) is 0 Å². The molecule has 0 unspecified atom stereocenters. The Morgan fingerprint density at radius 1 is 0.593 bits per heavy atom. The fraction of sp³-hybridized carbons (Fsp3) is 0.714. The number of carboxylic acids is 4. The van der Waals surface area contributed by atoms with Crippen molar-refractivity contribution < 1.29 is 123 Å². The van der Waals surface area contributed by atoms with Crippen LogP contribution in [-0.4, -0.2) is 54.5 Å². The summed E-state index contributed by atoms with van der Waals surface area (Å²) in [5.41, 5.74) is 0. The largest absolute Gasteiger partial charge is 1.00 e. The summed E-state index contributed by atoms with van der Waals surface area (Å²) in [6, 6.07) is 0. The average Bonchev–Trinajstić information content (AvgIpc) is 2.37. The Labute approximate surface area is 216 Å². The van der Waals surface area contributed by atoms with Crippen LogP contribution >= 0.6 is 0 Å². The molecular formula is C14H25CoN2Na2O8-3. The quantitative estimate of drug-likeness (QED) is 0.273. The Hall–Kier alpha value is 0.306. The van der Waals surface area contributed by atoms with Gasteiger partial charge in [-0.3, -0.25) is 0 Å². The van der Waals surface area contributed by atoms with Gasteiger partial charge in [0.25, 0.3) is 0 Å². The number of quaternary nitrogens is 1. The van der Waals surface area contributed by atoms with Gasteiger partial charge >= 0.3 is 59.1 Å². The first-order chi connectivity index (χ1) is 10.7. The summed E-state index contributed by atoms with van der Waals surface area (Å²) < 4.78 is -1.32. The van der Waals surface area contributed by atoms with E-state index in [4.69, 9.17) is 0 Å². The standard InChI is InChI=1S/C8H11NO8.C6H12.Co.H3N.2Na.2H/c10-5(11)1-9(2-6(12)13,3-7(14)15)4-8(16)17;1-2-4-6-5-3-1;;;;;;/h1-4H2,(H3-,10,11,12,13,14,15,16,17);1-6H2;;1H3;;;;/q;;;;2*+1;2*-1/p-3. The Balaban J connectivity index is -0.0000000701. The van der Waals surface area contributed by atoms with E-state index < -0.39 is 54.5 Å². The molecule has 10 nitrogen and oxygen atoms in total. The first-order valence-electron chi connectivity index (χ1n) is 7.31. The normalized spacial score (nSPS) is 12.1. The van der Waals surface area contributed by atoms with Crippen LogP contribution in [0.15, 0.2) is 0 Å². The maximum absolute atomic E-state index is 10.4. The van der Waals surface area contributed by atoms with Gasteiger partial charge in [-0.05, 0) is 0 Å². The van der Waals surface area contributed by atoms with Crippen LogP contribution in [0.2, 0.25) is 0 Å². The van der Waals surface area contributed by atoms with Crippen molar-refractivity contribution in [1.82, 2.24) is 6.15 Å². The topological polar surface area (TPSA) is 196 Å². The van der Waals surface area contributed by atoms with Crippen LogP contribution in [0, 0.1) is 0 Å². The van der Waals surface area contributed by atoms with Crippen LogP contribution < -0.4 is 85.7 Å². The van der Waals surface area contributed by atoms with Crippen molar-refractivity contribution in [2.24, 2.45) is 0 Å². The van der Waals surface area contributed by atoms with E-state index in [9.17, 15) is 39.6 Å². The van der Waals surface area contributed by atoms with E-state index in [1.807, 2.05) is 0 Å². The maximum Gasteiger partial charge on any atom is 1.00 e. The Bertz CT molecular complexity index is 380. The Kier molecular flexibility index (Phi) is 29.6. The smallest absolute Gasteiger partial charge is 1.00 e. The van der Waals surface area contributed by atoms with Crippen molar-refractivity contribution in [2.45, 2.75) is 38.5 Å². The van der Waals surface area contributed by atoms with Crippen molar-refractivity contribution in [1.29, 1.82) is 0 Å². The van der Waals surface area contributed by atoms with Crippen LogP contribution in [0.5, 0.6) is 0 Å². The Morgan fingerprint density at radius 3 is 0.852 bits per heavy atom. The molecule has 0 spiro atoms. The van der Waals surface area contributed by atoms with Gasteiger partial charge in [0.05, 0.1) is 23.9 Å². The van der Waals surface area contributed by atoms with Gasteiger partial charge in [0.2, 0.25) is 0 Å². The number of carbonyl (C=O) groups is 4. The number of carbonyl (C=O) groups excluding carboxylic acids is 4. The van der Waals surface area contributed by atoms with Crippen molar-refractivity contribution in [3.63, 3.8) is 0 Å². The van der Waals surface area contributed by atoms with Crippen molar-refractivity contribution in [3.05, 3.63) is 0 Å². The molecule has 0 atom stereocenters. The van der Waals surface area contributed by atoms with Gasteiger partial charge < -0.3 is 53.1 Å². The SMILES string of the molecule is C1CCCCC1.N.O=C([O-])C[N+](CC(=O)[O-])(CC(=O)[O-])CC(=O)[O-].[Co].[H-].[H-].[Na+].[Na+]. The number of hydrogen-bond acceptors (Lipinski definition) is 9. The molecule has 0 heterocycles. The van der Waals surface area contributed by atoms with Gasteiger partial charge in [-0.1, -0.05) is 38.5 Å². The Morgan fingerprint density at radius 2 is 0.741 bits per heavy atom.